The van der Waals surface area contributed by atoms with Gasteiger partial charge in [-0.2, -0.15) is 8.42 Å². The van der Waals surface area contributed by atoms with Crippen LogP contribution in [-0.4, -0.2) is 28.9 Å². The van der Waals surface area contributed by atoms with Gasteiger partial charge in [0.25, 0.3) is 10.1 Å². The van der Waals surface area contributed by atoms with E-state index in [1.807, 2.05) is 61.5 Å². The monoisotopic (exact) mass is 504 g/mol. The van der Waals surface area contributed by atoms with Crippen molar-refractivity contribution in [3.8, 4) is 0 Å². The van der Waals surface area contributed by atoms with Crippen molar-refractivity contribution in [2.45, 2.75) is 23.8 Å². The average Bonchev–Trinajstić information content (AvgIpc) is 2.78. The van der Waals surface area contributed by atoms with Gasteiger partial charge in [-0.25, -0.2) is 0 Å². The Hall–Kier alpha value is -2.03. The van der Waals surface area contributed by atoms with Crippen LogP contribution in [0.1, 0.15) is 28.7 Å². The molecule has 3 aromatic carbocycles. The third-order valence-corrected chi connectivity index (χ3v) is 6.69. The predicted octanol–water partition coefficient (Wildman–Crippen LogP) is 5.61. The van der Waals surface area contributed by atoms with E-state index in [9.17, 15) is 8.42 Å². The Morgan fingerprint density at radius 3 is 2.13 bits per heavy atom. The van der Waals surface area contributed by atoms with Crippen molar-refractivity contribution in [1.82, 2.24) is 0 Å². The lowest BCUT2D eigenvalue weighted by Crippen LogP contribution is -2.22. The van der Waals surface area contributed by atoms with Crippen molar-refractivity contribution in [3.63, 3.8) is 0 Å². The predicted molar refractivity (Wildman–Crippen MR) is 123 cm³/mol. The molecule has 0 fully saturated rings. The van der Waals surface area contributed by atoms with Crippen molar-refractivity contribution in [2.24, 2.45) is 0 Å². The van der Waals surface area contributed by atoms with E-state index in [0.29, 0.717) is 0 Å². The largest absolute Gasteiger partial charge is 0.359 e. The van der Waals surface area contributed by atoms with Gasteiger partial charge in [0.15, 0.2) is 0 Å². The van der Waals surface area contributed by atoms with E-state index in [2.05, 4.69) is 15.9 Å². The van der Waals surface area contributed by atoms with Gasteiger partial charge >= 0.3 is 0 Å². The molecule has 0 aliphatic heterocycles. The molecule has 0 heterocycles. The molecule has 0 saturated carbocycles. The summed E-state index contributed by atoms with van der Waals surface area (Å²) in [5.74, 6) is -0.383. The summed E-state index contributed by atoms with van der Waals surface area (Å²) in [5.41, 5.74) is 2.78. The maximum absolute atomic E-state index is 12.8. The molecule has 0 aliphatic carbocycles. The second kappa shape index (κ2) is 11.0. The zero-order chi connectivity index (χ0) is 22.3. The maximum Gasteiger partial charge on any atom is 0.296 e. The molecule has 0 bridgehead atoms. The zero-order valence-corrected chi connectivity index (χ0v) is 19.8. The van der Waals surface area contributed by atoms with E-state index in [0.717, 1.165) is 21.2 Å². The van der Waals surface area contributed by atoms with Gasteiger partial charge in [-0.15, -0.1) is 0 Å². The molecule has 0 amide bonds. The lowest BCUT2D eigenvalue weighted by molar-refractivity contribution is -0.0860. The summed E-state index contributed by atoms with van der Waals surface area (Å²) in [6.07, 6.45) is -0.462. The number of rotatable bonds is 10. The van der Waals surface area contributed by atoms with Crippen molar-refractivity contribution >= 4 is 26.0 Å². The second-order valence-electron chi connectivity index (χ2n) is 7.11. The highest BCUT2D eigenvalue weighted by molar-refractivity contribution is 9.10. The SMILES string of the molecule is COCO[C@@H](c1ccccc1)[C@H](COS(=O)(=O)c1ccc(C)cc1)c1ccc(Br)cc1. The van der Waals surface area contributed by atoms with Gasteiger partial charge in [0, 0.05) is 17.5 Å². The molecule has 164 valence electrons. The van der Waals surface area contributed by atoms with Gasteiger partial charge in [-0.1, -0.05) is 76.1 Å². The Labute approximate surface area is 192 Å². The summed E-state index contributed by atoms with van der Waals surface area (Å²) in [6, 6.07) is 23.9. The molecule has 2 atom stereocenters. The number of halogens is 1. The van der Waals surface area contributed by atoms with E-state index in [-0.39, 0.29) is 24.2 Å². The van der Waals surface area contributed by atoms with E-state index in [1.165, 1.54) is 0 Å². The smallest absolute Gasteiger partial charge is 0.296 e. The van der Waals surface area contributed by atoms with E-state index in [4.69, 9.17) is 13.7 Å². The van der Waals surface area contributed by atoms with Crippen molar-refractivity contribution in [1.29, 1.82) is 0 Å². The second-order valence-corrected chi connectivity index (χ2v) is 9.65. The Kier molecular flexibility index (Phi) is 8.40. The third kappa shape index (κ3) is 6.48. The van der Waals surface area contributed by atoms with Gasteiger partial charge in [-0.3, -0.25) is 4.18 Å². The highest BCUT2D eigenvalue weighted by Crippen LogP contribution is 2.36. The Balaban J connectivity index is 1.93. The Morgan fingerprint density at radius 1 is 0.871 bits per heavy atom. The maximum atomic E-state index is 12.8. The van der Waals surface area contributed by atoms with E-state index in [1.54, 1.807) is 31.4 Å². The number of hydrogen-bond acceptors (Lipinski definition) is 5. The first-order valence-corrected chi connectivity index (χ1v) is 12.0. The molecule has 31 heavy (non-hydrogen) atoms. The van der Waals surface area contributed by atoms with E-state index < -0.39 is 16.2 Å². The summed E-state index contributed by atoms with van der Waals surface area (Å²) >= 11 is 3.45. The first-order valence-electron chi connectivity index (χ1n) is 9.78. The molecule has 0 unspecified atom stereocenters. The number of aryl methyl sites for hydroxylation is 1. The molecule has 0 N–H and O–H groups in total. The number of benzene rings is 3. The highest BCUT2D eigenvalue weighted by Gasteiger charge is 2.29. The average molecular weight is 505 g/mol. The van der Waals surface area contributed by atoms with Gasteiger partial charge in [0.2, 0.25) is 0 Å². The lowest BCUT2D eigenvalue weighted by Gasteiger charge is -2.28. The minimum Gasteiger partial charge on any atom is -0.359 e. The van der Waals surface area contributed by atoms with Crippen LogP contribution in [0.15, 0.2) is 88.2 Å². The molecule has 0 saturated heterocycles. The number of ether oxygens (including phenoxy) is 2. The lowest BCUT2D eigenvalue weighted by atomic mass is 9.89. The normalized spacial score (nSPS) is 13.6. The molecule has 0 aliphatic rings. The minimum absolute atomic E-state index is 0.0668. The molecule has 5 nitrogen and oxygen atoms in total. The van der Waals surface area contributed by atoms with Crippen LogP contribution in [0.5, 0.6) is 0 Å². The van der Waals surface area contributed by atoms with Gasteiger partial charge in [0.1, 0.15) is 6.79 Å². The van der Waals surface area contributed by atoms with Crippen LogP contribution < -0.4 is 0 Å². The van der Waals surface area contributed by atoms with Crippen molar-refractivity contribution in [2.75, 3.05) is 20.5 Å². The first kappa shape index (κ1) is 23.6. The first-order chi connectivity index (χ1) is 14.9. The third-order valence-electron chi connectivity index (χ3n) is 4.87. The van der Waals surface area contributed by atoms with E-state index >= 15 is 0 Å². The summed E-state index contributed by atoms with van der Waals surface area (Å²) in [6.45, 7) is 1.89. The van der Waals surface area contributed by atoms with Crippen LogP contribution in [0.4, 0.5) is 0 Å². The molecule has 0 aromatic heterocycles. The molecule has 0 spiro atoms. The summed E-state index contributed by atoms with van der Waals surface area (Å²) in [5, 5.41) is 0. The summed E-state index contributed by atoms with van der Waals surface area (Å²) in [4.78, 5) is 0.127. The Morgan fingerprint density at radius 2 is 1.52 bits per heavy atom. The fourth-order valence-electron chi connectivity index (χ4n) is 3.23. The quantitative estimate of drug-likeness (QED) is 0.265. The number of methoxy groups -OCH3 is 1. The molecular formula is C24H25BrO5S. The van der Waals surface area contributed by atoms with Crippen molar-refractivity contribution < 1.29 is 22.1 Å². The topological polar surface area (TPSA) is 61.8 Å². The zero-order valence-electron chi connectivity index (χ0n) is 17.4. The highest BCUT2D eigenvalue weighted by atomic mass is 79.9. The van der Waals surface area contributed by atoms with Crippen molar-refractivity contribution in [3.05, 3.63) is 100 Å². The fourth-order valence-corrected chi connectivity index (χ4v) is 4.43. The molecule has 0 radical (unpaired) electrons. The van der Waals surface area contributed by atoms with Crippen LogP contribution in [0.3, 0.4) is 0 Å². The molecule has 3 aromatic rings. The standard InChI is InChI=1S/C24H25BrO5S/c1-18-8-14-22(15-9-18)31(26,27)30-16-23(19-10-12-21(25)13-11-19)24(29-17-28-2)20-6-4-3-5-7-20/h3-15,23-24H,16-17H2,1-2H3/t23-,24+/m1/s1. The summed E-state index contributed by atoms with van der Waals surface area (Å²) < 4.78 is 43.2. The molecular weight excluding hydrogens is 480 g/mol. The molecule has 7 heteroatoms. The van der Waals surface area contributed by atoms with Crippen LogP contribution in [0.2, 0.25) is 0 Å². The van der Waals surface area contributed by atoms with Gasteiger partial charge < -0.3 is 9.47 Å². The fraction of sp³-hybridized carbons (Fsp3) is 0.250. The summed E-state index contributed by atoms with van der Waals surface area (Å²) in [7, 11) is -2.37. The van der Waals surface area contributed by atoms with Crippen LogP contribution in [0, 0.1) is 6.92 Å². The minimum atomic E-state index is -3.92. The van der Waals surface area contributed by atoms with Gasteiger partial charge in [0.05, 0.1) is 17.6 Å². The Bertz CT molecular complexity index is 1050. The van der Waals surface area contributed by atoms with Gasteiger partial charge in [-0.05, 0) is 42.3 Å². The van der Waals surface area contributed by atoms with Crippen LogP contribution in [-0.2, 0) is 23.8 Å². The molecule has 3 rings (SSSR count). The number of hydrogen-bond donors (Lipinski definition) is 0. The van der Waals surface area contributed by atoms with Crippen LogP contribution in [0.25, 0.3) is 0 Å². The van der Waals surface area contributed by atoms with Crippen LogP contribution >= 0.6 is 15.9 Å².